The minimum atomic E-state index is -0.783. The van der Waals surface area contributed by atoms with Crippen LogP contribution in [0, 0.1) is 11.3 Å². The van der Waals surface area contributed by atoms with Crippen LogP contribution in [0.5, 0.6) is 0 Å². The normalized spacial score (nSPS) is 17.5. The highest BCUT2D eigenvalue weighted by Crippen LogP contribution is 2.42. The number of carboxylic acid groups (broad SMARTS) is 1. The van der Waals surface area contributed by atoms with E-state index in [1.54, 1.807) is 0 Å². The van der Waals surface area contributed by atoms with Gasteiger partial charge in [-0.2, -0.15) is 0 Å². The Labute approximate surface area is 156 Å². The number of rotatable bonds is 5. The molecule has 5 nitrogen and oxygen atoms in total. The Morgan fingerprint density at radius 2 is 2.20 bits per heavy atom. The lowest BCUT2D eigenvalue weighted by Gasteiger charge is -2.33. The molecule has 1 N–H and O–H groups in total. The molecule has 25 heavy (non-hydrogen) atoms. The van der Waals surface area contributed by atoms with Gasteiger partial charge in [0.15, 0.2) is 11.0 Å². The number of aryl methyl sites for hydroxylation is 1. The molecule has 7 heteroatoms. The van der Waals surface area contributed by atoms with Crippen LogP contribution in [0.15, 0.2) is 11.2 Å². The quantitative estimate of drug-likeness (QED) is 0.786. The summed E-state index contributed by atoms with van der Waals surface area (Å²) in [4.78, 5) is 13.3. The average molecular weight is 380 g/mol. The van der Waals surface area contributed by atoms with Gasteiger partial charge >= 0.3 is 5.97 Å². The van der Waals surface area contributed by atoms with Crippen LogP contribution in [0.2, 0.25) is 0 Å². The first-order chi connectivity index (χ1) is 11.8. The topological polar surface area (TPSA) is 68.0 Å². The number of aliphatic carboxylic acids is 1. The van der Waals surface area contributed by atoms with E-state index in [-0.39, 0.29) is 6.42 Å². The second-order valence-corrected chi connectivity index (χ2v) is 9.92. The summed E-state index contributed by atoms with van der Waals surface area (Å²) in [5.74, 6) is 1.33. The molecule has 2 heterocycles. The van der Waals surface area contributed by atoms with Crippen molar-refractivity contribution in [3.63, 3.8) is 0 Å². The van der Waals surface area contributed by atoms with Crippen molar-refractivity contribution in [1.29, 1.82) is 0 Å². The predicted molar refractivity (Wildman–Crippen MR) is 102 cm³/mol. The Kier molecular flexibility index (Phi) is 5.25. The third kappa shape index (κ3) is 4.08. The fraction of sp³-hybridized carbons (Fsp3) is 0.611. The van der Waals surface area contributed by atoms with Crippen molar-refractivity contribution in [2.45, 2.75) is 51.6 Å². The van der Waals surface area contributed by atoms with Gasteiger partial charge in [0.25, 0.3) is 0 Å². The molecule has 0 fully saturated rings. The van der Waals surface area contributed by atoms with Gasteiger partial charge in [-0.05, 0) is 42.2 Å². The molecule has 0 aromatic carbocycles. The number of thioether (sulfide) groups is 1. The van der Waals surface area contributed by atoms with Crippen LogP contribution in [-0.2, 0) is 24.7 Å². The smallest absolute Gasteiger partial charge is 0.304 e. The molecular weight excluding hydrogens is 354 g/mol. The van der Waals surface area contributed by atoms with Crippen LogP contribution in [-0.4, -0.2) is 31.6 Å². The summed E-state index contributed by atoms with van der Waals surface area (Å²) in [6.45, 7) is 7.00. The Bertz CT molecular complexity index is 774. The van der Waals surface area contributed by atoms with Gasteiger partial charge in [0, 0.05) is 17.7 Å². The second-order valence-electron chi connectivity index (χ2n) is 7.72. The third-order valence-corrected chi connectivity index (χ3v) is 7.16. The van der Waals surface area contributed by atoms with Crippen LogP contribution in [0.4, 0.5) is 0 Å². The molecule has 0 amide bonds. The minimum absolute atomic E-state index is 0.133. The van der Waals surface area contributed by atoms with E-state index in [2.05, 4.69) is 37.0 Å². The van der Waals surface area contributed by atoms with E-state index in [9.17, 15) is 4.79 Å². The van der Waals surface area contributed by atoms with Gasteiger partial charge < -0.3 is 9.67 Å². The maximum Gasteiger partial charge on any atom is 0.304 e. The van der Waals surface area contributed by atoms with Crippen molar-refractivity contribution in [3.8, 4) is 10.7 Å². The lowest BCUT2D eigenvalue weighted by atomic mass is 9.72. The Balaban J connectivity index is 1.77. The zero-order valence-electron chi connectivity index (χ0n) is 15.2. The monoisotopic (exact) mass is 379 g/mol. The maximum absolute atomic E-state index is 10.7. The number of carbonyl (C=O) groups is 1. The standard InChI is InChI=1S/C18H25N3O2S2/c1-18(2,3)12-5-6-13-11(9-12)10-14(25-13)16-19-20-17(21(16)4)24-8-7-15(22)23/h10,12H,5-9H2,1-4H3,(H,22,23)/t12-/m1/s1. The number of fused-ring (bicyclic) bond motifs is 1. The Hall–Kier alpha value is -1.34. The van der Waals surface area contributed by atoms with Crippen LogP contribution in [0.1, 0.15) is 44.1 Å². The summed E-state index contributed by atoms with van der Waals surface area (Å²) in [6, 6.07) is 2.29. The summed E-state index contributed by atoms with van der Waals surface area (Å²) in [5, 5.41) is 18.1. The second kappa shape index (κ2) is 7.11. The third-order valence-electron chi connectivity index (χ3n) is 4.91. The van der Waals surface area contributed by atoms with Crippen LogP contribution >= 0.6 is 23.1 Å². The van der Waals surface area contributed by atoms with Crippen LogP contribution in [0.25, 0.3) is 10.7 Å². The fourth-order valence-corrected chi connectivity index (χ4v) is 5.32. The van der Waals surface area contributed by atoms with Crippen molar-refractivity contribution >= 4 is 29.1 Å². The molecule has 0 saturated heterocycles. The lowest BCUT2D eigenvalue weighted by Crippen LogP contribution is -2.26. The number of nitrogens with zero attached hydrogens (tertiary/aromatic N) is 3. The van der Waals surface area contributed by atoms with Gasteiger partial charge in [-0.1, -0.05) is 32.5 Å². The SMILES string of the molecule is Cn1c(SCCC(=O)O)nnc1-c1cc2c(s1)CC[C@@H](C(C)(C)C)C2. The molecule has 1 aliphatic carbocycles. The predicted octanol–water partition coefficient (Wildman–Crippen LogP) is 4.26. The lowest BCUT2D eigenvalue weighted by molar-refractivity contribution is -0.136. The van der Waals surface area contributed by atoms with Crippen molar-refractivity contribution in [3.05, 3.63) is 16.5 Å². The maximum atomic E-state index is 10.7. The first-order valence-electron chi connectivity index (χ1n) is 8.61. The highest BCUT2D eigenvalue weighted by molar-refractivity contribution is 7.99. The first-order valence-corrected chi connectivity index (χ1v) is 10.4. The molecule has 1 aliphatic rings. The number of carboxylic acids is 1. The largest absolute Gasteiger partial charge is 0.481 e. The van der Waals surface area contributed by atoms with Gasteiger partial charge in [-0.25, -0.2) is 0 Å². The van der Waals surface area contributed by atoms with Crippen LogP contribution in [0.3, 0.4) is 0 Å². The van der Waals surface area contributed by atoms with Gasteiger partial charge in [0.1, 0.15) is 0 Å². The molecular formula is C18H25N3O2S2. The van der Waals surface area contributed by atoms with E-state index in [1.165, 1.54) is 33.5 Å². The number of aromatic nitrogens is 3. The molecule has 0 radical (unpaired) electrons. The van der Waals surface area contributed by atoms with E-state index < -0.39 is 5.97 Å². The van der Waals surface area contributed by atoms with Gasteiger partial charge in [0.2, 0.25) is 0 Å². The summed E-state index contributed by atoms with van der Waals surface area (Å²) in [6.07, 6.45) is 3.69. The molecule has 0 aliphatic heterocycles. The van der Waals surface area contributed by atoms with E-state index in [4.69, 9.17) is 5.11 Å². The molecule has 1 atom stereocenters. The van der Waals surface area contributed by atoms with Crippen molar-refractivity contribution < 1.29 is 9.90 Å². The van der Waals surface area contributed by atoms with Crippen LogP contribution < -0.4 is 0 Å². The van der Waals surface area contributed by atoms with Crippen molar-refractivity contribution in [1.82, 2.24) is 14.8 Å². The highest BCUT2D eigenvalue weighted by Gasteiger charge is 2.30. The number of thiophene rings is 1. The minimum Gasteiger partial charge on any atom is -0.481 e. The average Bonchev–Trinajstić information content (AvgIpc) is 3.09. The molecule has 2 aromatic heterocycles. The zero-order chi connectivity index (χ0) is 18.2. The number of hydrogen-bond donors (Lipinski definition) is 1. The summed E-state index contributed by atoms with van der Waals surface area (Å²) < 4.78 is 1.98. The Morgan fingerprint density at radius 1 is 1.44 bits per heavy atom. The highest BCUT2D eigenvalue weighted by atomic mass is 32.2. The molecule has 0 bridgehead atoms. The molecule has 0 spiro atoms. The zero-order valence-corrected chi connectivity index (χ0v) is 16.8. The van der Waals surface area contributed by atoms with E-state index in [0.29, 0.717) is 11.2 Å². The molecule has 2 aromatic rings. The Morgan fingerprint density at radius 3 is 2.88 bits per heavy atom. The van der Waals surface area contributed by atoms with Crippen molar-refractivity contribution in [2.75, 3.05) is 5.75 Å². The van der Waals surface area contributed by atoms with Gasteiger partial charge in [-0.15, -0.1) is 21.5 Å². The van der Waals surface area contributed by atoms with E-state index in [1.807, 2.05) is 23.0 Å². The number of hydrogen-bond acceptors (Lipinski definition) is 5. The van der Waals surface area contributed by atoms with E-state index in [0.717, 1.165) is 29.7 Å². The summed E-state index contributed by atoms with van der Waals surface area (Å²) >= 11 is 3.27. The molecule has 0 saturated carbocycles. The molecule has 0 unspecified atom stereocenters. The van der Waals surface area contributed by atoms with Crippen molar-refractivity contribution in [2.24, 2.45) is 18.4 Å². The summed E-state index contributed by atoms with van der Waals surface area (Å²) in [5.41, 5.74) is 1.81. The van der Waals surface area contributed by atoms with E-state index >= 15 is 0 Å². The fourth-order valence-electron chi connectivity index (χ4n) is 3.26. The van der Waals surface area contributed by atoms with Gasteiger partial charge in [0.05, 0.1) is 11.3 Å². The molecule has 3 rings (SSSR count). The first kappa shape index (κ1) is 18.5. The van der Waals surface area contributed by atoms with Gasteiger partial charge in [-0.3, -0.25) is 4.79 Å². The summed E-state index contributed by atoms with van der Waals surface area (Å²) in [7, 11) is 1.95. The molecule has 136 valence electrons.